The van der Waals surface area contributed by atoms with Crippen molar-refractivity contribution in [1.82, 2.24) is 19.6 Å². The molecular formula is C40H86MgN10OSi4. The fourth-order valence-corrected chi connectivity index (χ4v) is 9.79. The number of ether oxygens (including phenoxy) is 1. The van der Waals surface area contributed by atoms with Crippen LogP contribution in [0.5, 0.6) is 0 Å². The van der Waals surface area contributed by atoms with Crippen LogP contribution in [-0.4, -0.2) is 165 Å². The number of guanidine groups is 4. The van der Waals surface area contributed by atoms with Gasteiger partial charge in [0.05, 0.1) is 16.5 Å². The third-order valence-electron chi connectivity index (χ3n) is 9.11. The minimum absolute atomic E-state index is 0. The maximum atomic E-state index is 5.12. The molecule has 0 aromatic carbocycles. The van der Waals surface area contributed by atoms with E-state index in [1.807, 2.05) is 13.8 Å². The first kappa shape index (κ1) is 53.1. The first-order valence-electron chi connectivity index (χ1n) is 22.1. The molecular weight excluding hydrogens is 773 g/mol. The first-order valence-corrected chi connectivity index (χ1v) is 35.9. The summed E-state index contributed by atoms with van der Waals surface area (Å²) in [5, 5.41) is 0. The zero-order chi connectivity index (χ0) is 41.1. The molecule has 0 aromatic rings. The van der Waals surface area contributed by atoms with Crippen LogP contribution in [0.25, 0.3) is 9.96 Å². The van der Waals surface area contributed by atoms with Crippen molar-refractivity contribution >= 4 is 79.8 Å². The summed E-state index contributed by atoms with van der Waals surface area (Å²) in [5.74, 6) is 3.84. The van der Waals surface area contributed by atoms with Crippen LogP contribution in [0.4, 0.5) is 0 Å². The molecule has 4 fully saturated rings. The number of hydrogen-bond donors (Lipinski definition) is 0. The van der Waals surface area contributed by atoms with Gasteiger partial charge in [0.2, 0.25) is 0 Å². The van der Waals surface area contributed by atoms with Gasteiger partial charge in [-0.3, -0.25) is 0 Å². The van der Waals surface area contributed by atoms with Gasteiger partial charge in [0, 0.05) is 51.3 Å². The van der Waals surface area contributed by atoms with Crippen LogP contribution >= 0.6 is 0 Å². The molecule has 0 aliphatic carbocycles. The van der Waals surface area contributed by atoms with Crippen LogP contribution in [0.3, 0.4) is 0 Å². The van der Waals surface area contributed by atoms with Crippen molar-refractivity contribution < 1.29 is 4.74 Å². The van der Waals surface area contributed by atoms with Crippen molar-refractivity contribution in [3.63, 3.8) is 0 Å². The number of piperidine rings is 4. The van der Waals surface area contributed by atoms with Crippen molar-refractivity contribution in [2.24, 2.45) is 19.3 Å². The monoisotopic (exact) mass is 859 g/mol. The van der Waals surface area contributed by atoms with E-state index in [4.69, 9.17) is 34.0 Å². The van der Waals surface area contributed by atoms with E-state index in [1.54, 1.807) is 0 Å². The quantitative estimate of drug-likeness (QED) is 0.151. The van der Waals surface area contributed by atoms with E-state index in [1.165, 1.54) is 77.0 Å². The average molecular weight is 860 g/mol. The molecule has 4 rings (SSSR count). The largest absolute Gasteiger partial charge is 2.00 e. The molecule has 4 aliphatic heterocycles. The number of rotatable bonds is 6. The molecule has 0 unspecified atom stereocenters. The summed E-state index contributed by atoms with van der Waals surface area (Å²) in [7, 11) is -6.36. The third-order valence-corrected chi connectivity index (χ3v) is 12.6. The second kappa shape index (κ2) is 26.3. The van der Waals surface area contributed by atoms with Gasteiger partial charge in [-0.1, -0.05) is 52.1 Å². The smallest absolute Gasteiger partial charge is 0.426 e. The fourth-order valence-electron chi connectivity index (χ4n) is 6.62. The number of nitrogens with zero attached hydrogens (tertiary/aromatic N) is 10. The van der Waals surface area contributed by atoms with Crippen LogP contribution in [0.2, 0.25) is 78.6 Å². The second-order valence-corrected chi connectivity index (χ2v) is 37.8. The Bertz CT molecular complexity index is 1110. The van der Waals surface area contributed by atoms with Crippen molar-refractivity contribution in [2.75, 3.05) is 65.6 Å². The van der Waals surface area contributed by atoms with Gasteiger partial charge in [0.1, 0.15) is 11.9 Å². The normalized spacial score (nSPS) is 20.0. The van der Waals surface area contributed by atoms with Crippen molar-refractivity contribution in [1.29, 1.82) is 0 Å². The van der Waals surface area contributed by atoms with Crippen LogP contribution in [-0.2, 0) is 4.74 Å². The van der Waals surface area contributed by atoms with E-state index in [0.717, 1.165) is 89.4 Å². The van der Waals surface area contributed by atoms with Crippen LogP contribution in [0.1, 0.15) is 90.9 Å². The van der Waals surface area contributed by atoms with Crippen LogP contribution in [0, 0.1) is 0 Å². The number of hydrogen-bond acceptors (Lipinski definition) is 3. The predicted octanol–water partition coefficient (Wildman–Crippen LogP) is 10.1. The standard InChI is InChI=1S/2C18H38N5Si2.C4H10O.Mg/c2*1-24(2,3)20-17(22-13-9-7-10-14-22)19-18(21-25(4,5)6)23-15-11-8-12-16-23;1-3-5-4-2;/h2*7-16H2,1-6H3;3-4H2,1-2H3;/q2*-1;;+2. The van der Waals surface area contributed by atoms with Crippen LogP contribution in [0.15, 0.2) is 19.3 Å². The summed E-state index contributed by atoms with van der Waals surface area (Å²) >= 11 is 0. The fraction of sp³-hybridized carbons (Fsp3) is 0.900. The first-order chi connectivity index (χ1) is 25.7. The van der Waals surface area contributed by atoms with Crippen molar-refractivity contribution in [3.05, 3.63) is 9.96 Å². The molecule has 16 heteroatoms. The van der Waals surface area contributed by atoms with Gasteiger partial charge in [-0.2, -0.15) is 0 Å². The molecule has 0 N–H and O–H groups in total. The van der Waals surface area contributed by atoms with E-state index < -0.39 is 32.9 Å². The van der Waals surface area contributed by atoms with Gasteiger partial charge < -0.3 is 53.6 Å². The molecule has 0 amide bonds. The minimum Gasteiger partial charge on any atom is -0.426 e. The van der Waals surface area contributed by atoms with Gasteiger partial charge in [-0.15, -0.1) is 0 Å². The molecule has 56 heavy (non-hydrogen) atoms. The molecule has 11 nitrogen and oxygen atoms in total. The number of aliphatic imine (C=N–C) groups is 2. The van der Waals surface area contributed by atoms with Gasteiger partial charge in [-0.05, 0) is 144 Å². The summed E-state index contributed by atoms with van der Waals surface area (Å²) < 4.78 is 15.1. The van der Waals surface area contributed by atoms with E-state index in [-0.39, 0.29) is 23.1 Å². The molecule has 4 aliphatic rings. The Kier molecular flexibility index (Phi) is 25.0. The molecule has 0 spiro atoms. The predicted molar refractivity (Wildman–Crippen MR) is 259 cm³/mol. The molecule has 0 radical (unpaired) electrons. The molecule has 0 aromatic heterocycles. The Morgan fingerprint density at radius 2 is 0.679 bits per heavy atom. The minimum atomic E-state index is -1.59. The van der Waals surface area contributed by atoms with E-state index in [0.29, 0.717) is 0 Å². The summed E-state index contributed by atoms with van der Waals surface area (Å²) in [6.45, 7) is 41.9. The Balaban J connectivity index is 0.000000492. The summed E-state index contributed by atoms with van der Waals surface area (Å²) in [4.78, 5) is 30.1. The molecule has 0 saturated carbocycles. The molecule has 4 saturated heterocycles. The second-order valence-electron chi connectivity index (χ2n) is 19.5. The summed E-state index contributed by atoms with van der Waals surface area (Å²) in [6, 6.07) is 0. The van der Waals surface area contributed by atoms with Crippen LogP contribution < -0.4 is 0 Å². The zero-order valence-electron chi connectivity index (χ0n) is 39.1. The number of likely N-dealkylation sites (tertiary alicyclic amines) is 4. The van der Waals surface area contributed by atoms with E-state index in [2.05, 4.69) is 98.2 Å². The van der Waals surface area contributed by atoms with Crippen molar-refractivity contribution in [2.45, 2.75) is 169 Å². The van der Waals surface area contributed by atoms with Gasteiger partial charge >= 0.3 is 23.1 Å². The Morgan fingerprint density at radius 1 is 0.429 bits per heavy atom. The van der Waals surface area contributed by atoms with E-state index >= 15 is 0 Å². The van der Waals surface area contributed by atoms with E-state index in [9.17, 15) is 0 Å². The van der Waals surface area contributed by atoms with Gasteiger partial charge in [0.15, 0.2) is 16.5 Å². The zero-order valence-corrected chi connectivity index (χ0v) is 44.6. The van der Waals surface area contributed by atoms with Gasteiger partial charge in [-0.25, -0.2) is 0 Å². The maximum absolute atomic E-state index is 5.12. The SMILES string of the molecule is CCOCC.C[Si](C)(C)/N=C(/N=C(\[N-][Si](C)(C)C)N1CCCCC1)N1CCCCC1.C[Si](C)(C)/N=C(/N=C(\[N-][Si](C)(C)C)N1CCCCC1)N1CCCCC1.[Mg+2]. The Hall–Kier alpha value is -0.926. The van der Waals surface area contributed by atoms with Gasteiger partial charge in [0.25, 0.3) is 0 Å². The summed E-state index contributed by atoms with van der Waals surface area (Å²) in [6.07, 6.45) is 15.4. The maximum Gasteiger partial charge on any atom is 2.00 e. The van der Waals surface area contributed by atoms with Crippen molar-refractivity contribution in [3.8, 4) is 0 Å². The topological polar surface area (TPSA) is 99.8 Å². The molecule has 320 valence electrons. The Morgan fingerprint density at radius 3 is 0.875 bits per heavy atom. The third kappa shape index (κ3) is 24.2. The summed E-state index contributed by atoms with van der Waals surface area (Å²) in [5.41, 5.74) is 0. The molecule has 0 atom stereocenters. The Labute approximate surface area is 366 Å². The molecule has 4 heterocycles. The average Bonchev–Trinajstić information content (AvgIpc) is 3.11. The molecule has 0 bridgehead atoms.